The summed E-state index contributed by atoms with van der Waals surface area (Å²) >= 11 is 0. The second-order valence-corrected chi connectivity index (χ2v) is 6.43. The first kappa shape index (κ1) is 17.5. The quantitative estimate of drug-likeness (QED) is 0.658. The standard InChI is InChI=1S/C18H21FN2O4/c1-4-18(17(24)25-5-2)13-12(15(22)21(3)16(13)23)14(20-18)10-8-6-7-9-11(10)19/h6-9,12-14,20H,4-5H2,1-3H3/t12-,13-,14-,18-/m0/s1. The van der Waals surface area contributed by atoms with Crippen LogP contribution < -0.4 is 5.32 Å². The molecule has 0 spiro atoms. The van der Waals surface area contributed by atoms with Gasteiger partial charge >= 0.3 is 5.97 Å². The molecule has 134 valence electrons. The lowest BCUT2D eigenvalue weighted by Crippen LogP contribution is -2.55. The summed E-state index contributed by atoms with van der Waals surface area (Å²) in [4.78, 5) is 39.1. The fourth-order valence-corrected chi connectivity index (χ4v) is 4.06. The average molecular weight is 348 g/mol. The Kier molecular flexibility index (Phi) is 4.36. The van der Waals surface area contributed by atoms with Crippen LogP contribution in [0.4, 0.5) is 4.39 Å². The smallest absolute Gasteiger partial charge is 0.327 e. The summed E-state index contributed by atoms with van der Waals surface area (Å²) in [6.07, 6.45) is 0.255. The number of carbonyl (C=O) groups is 3. The van der Waals surface area contributed by atoms with Crippen molar-refractivity contribution >= 4 is 17.8 Å². The number of imide groups is 1. The molecule has 2 heterocycles. The number of hydrogen-bond acceptors (Lipinski definition) is 5. The fraction of sp³-hybridized carbons (Fsp3) is 0.500. The van der Waals surface area contributed by atoms with E-state index in [0.717, 1.165) is 4.90 Å². The van der Waals surface area contributed by atoms with Crippen LogP contribution in [0.2, 0.25) is 0 Å². The van der Waals surface area contributed by atoms with E-state index in [1.54, 1.807) is 32.0 Å². The number of benzene rings is 1. The minimum Gasteiger partial charge on any atom is -0.465 e. The number of esters is 1. The van der Waals surface area contributed by atoms with Crippen LogP contribution in [0.3, 0.4) is 0 Å². The minimum atomic E-state index is -1.34. The van der Waals surface area contributed by atoms with Crippen molar-refractivity contribution in [2.75, 3.05) is 13.7 Å². The zero-order valence-corrected chi connectivity index (χ0v) is 14.4. The Morgan fingerprint density at radius 1 is 1.28 bits per heavy atom. The van der Waals surface area contributed by atoms with Crippen LogP contribution in [0.5, 0.6) is 0 Å². The molecule has 2 aliphatic rings. The van der Waals surface area contributed by atoms with Gasteiger partial charge in [-0.15, -0.1) is 0 Å². The molecular formula is C18H21FN2O4. The number of fused-ring (bicyclic) bond motifs is 1. The first-order valence-corrected chi connectivity index (χ1v) is 8.39. The van der Waals surface area contributed by atoms with Gasteiger partial charge in [0.2, 0.25) is 11.8 Å². The fourth-order valence-electron chi connectivity index (χ4n) is 4.06. The highest BCUT2D eigenvalue weighted by Crippen LogP contribution is 2.50. The number of amides is 2. The highest BCUT2D eigenvalue weighted by Gasteiger charge is 2.67. The Bertz CT molecular complexity index is 738. The van der Waals surface area contributed by atoms with Gasteiger partial charge in [-0.2, -0.15) is 0 Å². The summed E-state index contributed by atoms with van der Waals surface area (Å²) in [5.41, 5.74) is -1.07. The number of nitrogens with one attached hydrogen (secondary N) is 1. The van der Waals surface area contributed by atoms with E-state index < -0.39 is 47.0 Å². The van der Waals surface area contributed by atoms with Gasteiger partial charge in [-0.1, -0.05) is 25.1 Å². The Balaban J connectivity index is 2.14. The molecule has 1 aromatic carbocycles. The molecule has 0 aliphatic carbocycles. The highest BCUT2D eigenvalue weighted by molar-refractivity contribution is 6.09. The van der Waals surface area contributed by atoms with Gasteiger partial charge in [0, 0.05) is 18.7 Å². The van der Waals surface area contributed by atoms with Gasteiger partial charge in [-0.3, -0.25) is 24.6 Å². The molecule has 1 aromatic rings. The van der Waals surface area contributed by atoms with E-state index >= 15 is 0 Å². The zero-order valence-electron chi connectivity index (χ0n) is 14.4. The lowest BCUT2D eigenvalue weighted by molar-refractivity contribution is -0.156. The van der Waals surface area contributed by atoms with Gasteiger partial charge in [0.05, 0.1) is 18.4 Å². The molecule has 6 nitrogen and oxygen atoms in total. The third-order valence-corrected chi connectivity index (χ3v) is 5.31. The second kappa shape index (κ2) is 6.22. The average Bonchev–Trinajstić information content (AvgIpc) is 3.06. The molecule has 0 radical (unpaired) electrons. The summed E-state index contributed by atoms with van der Waals surface area (Å²) in [5.74, 6) is -3.64. The van der Waals surface area contributed by atoms with Gasteiger partial charge in [0.25, 0.3) is 0 Å². The van der Waals surface area contributed by atoms with E-state index in [1.165, 1.54) is 13.1 Å². The predicted octanol–water partition coefficient (Wildman–Crippen LogP) is 1.41. The van der Waals surface area contributed by atoms with Crippen molar-refractivity contribution in [3.8, 4) is 0 Å². The molecule has 0 bridgehead atoms. The number of likely N-dealkylation sites (tertiary alicyclic amines) is 1. The first-order valence-electron chi connectivity index (χ1n) is 8.39. The lowest BCUT2D eigenvalue weighted by Gasteiger charge is -2.31. The topological polar surface area (TPSA) is 75.7 Å². The van der Waals surface area contributed by atoms with E-state index in [9.17, 15) is 18.8 Å². The normalized spacial score (nSPS) is 31.4. The van der Waals surface area contributed by atoms with Crippen LogP contribution >= 0.6 is 0 Å². The van der Waals surface area contributed by atoms with Crippen LogP contribution in [-0.2, 0) is 19.1 Å². The van der Waals surface area contributed by atoms with Crippen LogP contribution in [-0.4, -0.2) is 41.9 Å². The molecule has 7 heteroatoms. The SMILES string of the molecule is CCOC(=O)[C@@]1(CC)N[C@@H](c2ccccc2F)[C@H]2C(=O)N(C)C(=O)[C@H]21. The van der Waals surface area contributed by atoms with E-state index in [1.807, 2.05) is 0 Å². The monoisotopic (exact) mass is 348 g/mol. The molecule has 25 heavy (non-hydrogen) atoms. The van der Waals surface area contributed by atoms with Crippen molar-refractivity contribution in [1.82, 2.24) is 10.2 Å². The van der Waals surface area contributed by atoms with Gasteiger partial charge in [-0.05, 0) is 19.4 Å². The third-order valence-electron chi connectivity index (χ3n) is 5.31. The molecule has 2 amide bonds. The maximum Gasteiger partial charge on any atom is 0.327 e. The van der Waals surface area contributed by atoms with Crippen LogP contribution in [0, 0.1) is 17.7 Å². The largest absolute Gasteiger partial charge is 0.465 e. The van der Waals surface area contributed by atoms with Gasteiger partial charge in [0.1, 0.15) is 11.4 Å². The second-order valence-electron chi connectivity index (χ2n) is 6.43. The molecule has 4 atom stereocenters. The minimum absolute atomic E-state index is 0.155. The molecular weight excluding hydrogens is 327 g/mol. The van der Waals surface area contributed by atoms with Crippen molar-refractivity contribution in [1.29, 1.82) is 0 Å². The zero-order chi connectivity index (χ0) is 18.4. The summed E-state index contributed by atoms with van der Waals surface area (Å²) in [6, 6.07) is 5.31. The lowest BCUT2D eigenvalue weighted by atomic mass is 9.78. The summed E-state index contributed by atoms with van der Waals surface area (Å²) < 4.78 is 19.5. The third kappa shape index (κ3) is 2.37. The van der Waals surface area contributed by atoms with Crippen molar-refractivity contribution in [3.05, 3.63) is 35.6 Å². The number of carbonyl (C=O) groups excluding carboxylic acids is 3. The Labute approximate surface area is 145 Å². The van der Waals surface area contributed by atoms with E-state index in [-0.39, 0.29) is 18.6 Å². The molecule has 3 rings (SSSR count). The predicted molar refractivity (Wildman–Crippen MR) is 86.7 cm³/mol. The van der Waals surface area contributed by atoms with Gasteiger partial charge in [0.15, 0.2) is 0 Å². The Morgan fingerprint density at radius 3 is 2.56 bits per heavy atom. The maximum absolute atomic E-state index is 14.4. The number of hydrogen-bond donors (Lipinski definition) is 1. The van der Waals surface area contributed by atoms with Crippen molar-refractivity contribution in [2.24, 2.45) is 11.8 Å². The van der Waals surface area contributed by atoms with Crippen molar-refractivity contribution < 1.29 is 23.5 Å². The van der Waals surface area contributed by atoms with Crippen LogP contribution in [0.1, 0.15) is 31.9 Å². The van der Waals surface area contributed by atoms with Crippen LogP contribution in [0.15, 0.2) is 24.3 Å². The summed E-state index contributed by atoms with van der Waals surface area (Å²) in [6.45, 7) is 3.58. The molecule has 0 aromatic heterocycles. The molecule has 2 saturated heterocycles. The first-order chi connectivity index (χ1) is 11.9. The number of nitrogens with zero attached hydrogens (tertiary/aromatic N) is 1. The van der Waals surface area contributed by atoms with Gasteiger partial charge in [-0.25, -0.2) is 4.39 Å². The maximum atomic E-state index is 14.4. The molecule has 2 aliphatic heterocycles. The number of rotatable bonds is 4. The van der Waals surface area contributed by atoms with Crippen molar-refractivity contribution in [3.63, 3.8) is 0 Å². The highest BCUT2D eigenvalue weighted by atomic mass is 19.1. The number of ether oxygens (including phenoxy) is 1. The van der Waals surface area contributed by atoms with Crippen molar-refractivity contribution in [2.45, 2.75) is 31.8 Å². The Morgan fingerprint density at radius 2 is 1.96 bits per heavy atom. The molecule has 1 N–H and O–H groups in total. The summed E-state index contributed by atoms with van der Waals surface area (Å²) in [7, 11) is 1.40. The summed E-state index contributed by atoms with van der Waals surface area (Å²) in [5, 5.41) is 3.10. The molecule has 2 fully saturated rings. The molecule has 0 saturated carbocycles. The van der Waals surface area contributed by atoms with Gasteiger partial charge < -0.3 is 4.74 Å². The number of halogens is 1. The Hall–Kier alpha value is -2.28. The van der Waals surface area contributed by atoms with E-state index in [2.05, 4.69) is 5.32 Å². The molecule has 0 unspecified atom stereocenters. The van der Waals surface area contributed by atoms with E-state index in [4.69, 9.17) is 4.74 Å². The van der Waals surface area contributed by atoms with E-state index in [0.29, 0.717) is 0 Å². The van der Waals surface area contributed by atoms with Crippen LogP contribution in [0.25, 0.3) is 0 Å².